The van der Waals surface area contributed by atoms with Crippen molar-refractivity contribution in [2.24, 2.45) is 0 Å². The van der Waals surface area contributed by atoms with Gasteiger partial charge >= 0.3 is 17.6 Å². The molecule has 1 atom stereocenters. The minimum atomic E-state index is -4.65. The van der Waals surface area contributed by atoms with Gasteiger partial charge in [0.05, 0.1) is 16.0 Å². The summed E-state index contributed by atoms with van der Waals surface area (Å²) < 4.78 is 59.0. The third-order valence-electron chi connectivity index (χ3n) is 5.16. The molecule has 0 N–H and O–H groups in total. The van der Waals surface area contributed by atoms with E-state index in [1.165, 1.54) is 30.0 Å². The Labute approximate surface area is 194 Å². The molecule has 1 aliphatic rings. The van der Waals surface area contributed by atoms with Crippen LogP contribution in [0.5, 0.6) is 0 Å². The maximum atomic E-state index is 13.3. The predicted octanol–water partition coefficient (Wildman–Crippen LogP) is 4.56. The molecule has 3 aromatic rings. The van der Waals surface area contributed by atoms with Crippen LogP contribution in [0, 0.1) is 5.82 Å². The molecular formula is C21H17F4N3O3S2. The number of thiocarbonyl (C=S) groups is 1. The number of hydrogen-bond donors (Lipinski definition) is 0. The van der Waals surface area contributed by atoms with Crippen LogP contribution in [0.2, 0.25) is 0 Å². The van der Waals surface area contributed by atoms with Crippen molar-refractivity contribution in [1.82, 2.24) is 14.2 Å². The molecule has 0 radical (unpaired) electrons. The van der Waals surface area contributed by atoms with Crippen molar-refractivity contribution in [3.05, 3.63) is 86.5 Å². The van der Waals surface area contributed by atoms with Crippen molar-refractivity contribution in [3.63, 3.8) is 0 Å². The summed E-state index contributed by atoms with van der Waals surface area (Å²) in [5, 5.41) is 0. The number of benzene rings is 2. The molecule has 0 aliphatic carbocycles. The van der Waals surface area contributed by atoms with Crippen LogP contribution in [0.15, 0.2) is 62.6 Å². The van der Waals surface area contributed by atoms with Gasteiger partial charge in [-0.25, -0.2) is 14.0 Å². The summed E-state index contributed by atoms with van der Waals surface area (Å²) in [5.74, 6) is -1.53. The Bertz CT molecular complexity index is 1330. The van der Waals surface area contributed by atoms with Gasteiger partial charge in [-0.2, -0.15) is 17.7 Å². The summed E-state index contributed by atoms with van der Waals surface area (Å²) in [6.45, 7) is 3.80. The maximum absolute atomic E-state index is 13.3. The van der Waals surface area contributed by atoms with E-state index in [1.54, 1.807) is 30.9 Å². The standard InChI is InChI=1S/C21H17F4N3O3S2/c1-20(2)16(26(19(32)33-20)11-12-6-8-14(22)9-7-12)28-17(29)27(18(30)31-28)15-5-3-4-13(10-15)21(23,24)25/h3-10,16H,11H2,1-2H3/t16-/m0/s1. The van der Waals surface area contributed by atoms with Gasteiger partial charge in [0.15, 0.2) is 6.17 Å². The predicted molar refractivity (Wildman–Crippen MR) is 119 cm³/mol. The highest BCUT2D eigenvalue weighted by molar-refractivity contribution is 8.24. The van der Waals surface area contributed by atoms with Gasteiger partial charge < -0.3 is 9.42 Å². The minimum Gasteiger partial charge on any atom is -0.328 e. The molecule has 4 rings (SSSR count). The lowest BCUT2D eigenvalue weighted by atomic mass is 10.1. The van der Waals surface area contributed by atoms with Crippen molar-refractivity contribution in [2.45, 2.75) is 37.5 Å². The molecule has 0 unspecified atom stereocenters. The van der Waals surface area contributed by atoms with E-state index in [-0.39, 0.29) is 12.2 Å². The van der Waals surface area contributed by atoms with Gasteiger partial charge in [-0.3, -0.25) is 0 Å². The zero-order valence-corrected chi connectivity index (χ0v) is 18.9. The monoisotopic (exact) mass is 499 g/mol. The number of rotatable bonds is 4. The van der Waals surface area contributed by atoms with Gasteiger partial charge in [0, 0.05) is 6.54 Å². The molecule has 33 heavy (non-hydrogen) atoms. The zero-order valence-electron chi connectivity index (χ0n) is 17.3. The first kappa shape index (κ1) is 23.3. The second-order valence-corrected chi connectivity index (χ2v) is 10.2. The number of halogens is 4. The van der Waals surface area contributed by atoms with Crippen LogP contribution in [0.25, 0.3) is 5.69 Å². The van der Waals surface area contributed by atoms with Crippen LogP contribution in [0.1, 0.15) is 31.1 Å². The van der Waals surface area contributed by atoms with E-state index in [2.05, 4.69) is 0 Å². The fraction of sp³-hybridized carbons (Fsp3) is 0.286. The molecule has 2 heterocycles. The van der Waals surface area contributed by atoms with E-state index in [9.17, 15) is 27.2 Å². The summed E-state index contributed by atoms with van der Waals surface area (Å²) in [6, 6.07) is 9.58. The van der Waals surface area contributed by atoms with Gasteiger partial charge in [0.25, 0.3) is 0 Å². The first-order valence-electron chi connectivity index (χ1n) is 9.65. The molecule has 0 bridgehead atoms. The van der Waals surface area contributed by atoms with E-state index >= 15 is 0 Å². The molecule has 2 aromatic carbocycles. The average molecular weight is 500 g/mol. The molecular weight excluding hydrogens is 482 g/mol. The second-order valence-electron chi connectivity index (χ2n) is 7.95. The Balaban J connectivity index is 1.79. The fourth-order valence-corrected chi connectivity index (χ4v) is 5.56. The molecule has 1 aliphatic heterocycles. The van der Waals surface area contributed by atoms with Crippen LogP contribution in [0.4, 0.5) is 17.6 Å². The largest absolute Gasteiger partial charge is 0.447 e. The molecule has 0 amide bonds. The Hall–Kier alpha value is -2.86. The summed E-state index contributed by atoms with van der Waals surface area (Å²) in [4.78, 5) is 27.4. The van der Waals surface area contributed by atoms with E-state index in [0.29, 0.717) is 20.5 Å². The summed E-state index contributed by atoms with van der Waals surface area (Å²) in [6.07, 6.45) is -5.50. The Kier molecular flexibility index (Phi) is 5.77. The normalized spacial score (nSPS) is 18.2. The van der Waals surface area contributed by atoms with E-state index < -0.39 is 39.9 Å². The van der Waals surface area contributed by atoms with Gasteiger partial charge in [0.1, 0.15) is 10.1 Å². The molecule has 6 nitrogen and oxygen atoms in total. The highest BCUT2D eigenvalue weighted by Gasteiger charge is 2.48. The number of thioether (sulfide) groups is 1. The molecule has 0 spiro atoms. The number of nitrogens with zero attached hydrogens (tertiary/aromatic N) is 3. The maximum Gasteiger partial charge on any atom is 0.447 e. The summed E-state index contributed by atoms with van der Waals surface area (Å²) >= 11 is 6.76. The molecule has 1 saturated heterocycles. The summed E-state index contributed by atoms with van der Waals surface area (Å²) in [5.41, 5.74) is -1.50. The first-order chi connectivity index (χ1) is 15.4. The lowest BCUT2D eigenvalue weighted by molar-refractivity contribution is -0.137. The molecule has 1 aromatic heterocycles. The van der Waals surface area contributed by atoms with Crippen LogP contribution in [0.3, 0.4) is 0 Å². The second kappa shape index (κ2) is 8.17. The Morgan fingerprint density at radius 3 is 2.42 bits per heavy atom. The van der Waals surface area contributed by atoms with Crippen LogP contribution in [-0.2, 0) is 12.7 Å². The van der Waals surface area contributed by atoms with E-state index in [4.69, 9.17) is 16.7 Å². The van der Waals surface area contributed by atoms with Crippen molar-refractivity contribution < 1.29 is 22.1 Å². The van der Waals surface area contributed by atoms with Gasteiger partial charge in [0.2, 0.25) is 0 Å². The molecule has 0 saturated carbocycles. The topological polar surface area (TPSA) is 60.4 Å². The Morgan fingerprint density at radius 2 is 1.79 bits per heavy atom. The van der Waals surface area contributed by atoms with Crippen molar-refractivity contribution in [2.75, 3.05) is 0 Å². The lowest BCUT2D eigenvalue weighted by Crippen LogP contribution is -2.42. The number of aromatic nitrogens is 2. The fourth-order valence-electron chi connectivity index (χ4n) is 3.69. The smallest absolute Gasteiger partial charge is 0.328 e. The van der Waals surface area contributed by atoms with Crippen LogP contribution < -0.4 is 11.4 Å². The average Bonchev–Trinajstić information content (AvgIpc) is 3.13. The Morgan fingerprint density at radius 1 is 1.12 bits per heavy atom. The minimum absolute atomic E-state index is 0.200. The highest BCUT2D eigenvalue weighted by atomic mass is 32.2. The van der Waals surface area contributed by atoms with Crippen molar-refractivity contribution >= 4 is 28.3 Å². The van der Waals surface area contributed by atoms with E-state index in [0.717, 1.165) is 16.9 Å². The zero-order chi connectivity index (χ0) is 24.1. The van der Waals surface area contributed by atoms with Crippen LogP contribution >= 0.6 is 24.0 Å². The number of hydrogen-bond acceptors (Lipinski definition) is 5. The first-order valence-corrected chi connectivity index (χ1v) is 10.9. The molecule has 174 valence electrons. The third kappa shape index (κ3) is 4.36. The van der Waals surface area contributed by atoms with Gasteiger partial charge in [-0.05, 0) is 49.7 Å². The lowest BCUT2D eigenvalue weighted by Gasteiger charge is -2.30. The SMILES string of the molecule is CC1(C)SC(=S)N(Cc2ccc(F)cc2)[C@H]1n1oc(=O)n(-c2cccc(C(F)(F)F)c2)c1=O. The van der Waals surface area contributed by atoms with Gasteiger partial charge in [-0.1, -0.05) is 42.2 Å². The highest BCUT2D eigenvalue weighted by Crippen LogP contribution is 2.47. The van der Waals surface area contributed by atoms with E-state index in [1.807, 2.05) is 0 Å². The molecule has 1 fully saturated rings. The third-order valence-corrected chi connectivity index (χ3v) is 6.79. The summed E-state index contributed by atoms with van der Waals surface area (Å²) in [7, 11) is 0. The van der Waals surface area contributed by atoms with Gasteiger partial charge in [-0.15, -0.1) is 4.74 Å². The molecule has 12 heteroatoms. The quantitative estimate of drug-likeness (QED) is 0.388. The van der Waals surface area contributed by atoms with Crippen molar-refractivity contribution in [3.8, 4) is 5.69 Å². The van der Waals surface area contributed by atoms with Crippen LogP contribution in [-0.4, -0.2) is 23.3 Å². The van der Waals surface area contributed by atoms with Crippen molar-refractivity contribution in [1.29, 1.82) is 0 Å². The number of alkyl halides is 3.